The summed E-state index contributed by atoms with van der Waals surface area (Å²) in [5, 5.41) is 0. The third-order valence-corrected chi connectivity index (χ3v) is 0.498. The molecule has 0 aliphatic heterocycles. The molecular weight excluding hydrogens is 101 g/mol. The Morgan fingerprint density at radius 2 is 2.50 bits per heavy atom. The molecule has 0 radical (unpaired) electrons. The van der Waals surface area contributed by atoms with E-state index in [1.54, 1.807) is 0 Å². The molecule has 1 atom stereocenters. The zero-order chi connectivity index (χ0) is 4.99. The second-order valence-electron chi connectivity index (χ2n) is 0.643. The number of hydrogen-bond donors (Lipinski definition) is 0. The maximum absolute atomic E-state index is 9.77. The molecule has 0 amide bonds. The fraction of sp³-hybridized carbons (Fsp3) is 1.00. The van der Waals surface area contributed by atoms with Gasteiger partial charge in [-0.1, -0.05) is 4.57 Å². The average molecular weight is 104 g/mol. The van der Waals surface area contributed by atoms with Crippen LogP contribution in [0.2, 0.25) is 0 Å². The van der Waals surface area contributed by atoms with Gasteiger partial charge in [0.2, 0.25) is 0 Å². The van der Waals surface area contributed by atoms with Crippen LogP contribution in [0.5, 0.6) is 0 Å². The SMILES string of the molecule is C[P+](=O)N=[N+]=[N-]. The zero-order valence-electron chi connectivity index (χ0n) is 3.20. The fourth-order valence-electron chi connectivity index (χ4n) is 0.0563. The number of azide groups is 1. The number of nitrogens with zero attached hydrogens (tertiary/aromatic N) is 3. The van der Waals surface area contributed by atoms with Gasteiger partial charge >= 0.3 is 7.95 Å². The molecule has 1 unspecified atom stereocenters. The van der Waals surface area contributed by atoms with Crippen molar-refractivity contribution in [3.8, 4) is 0 Å². The van der Waals surface area contributed by atoms with Crippen LogP contribution in [-0.4, -0.2) is 6.66 Å². The minimum atomic E-state index is -1.64. The van der Waals surface area contributed by atoms with E-state index in [1.165, 1.54) is 6.66 Å². The van der Waals surface area contributed by atoms with Crippen molar-refractivity contribution in [3.63, 3.8) is 0 Å². The van der Waals surface area contributed by atoms with Gasteiger partial charge in [0.25, 0.3) is 0 Å². The summed E-state index contributed by atoms with van der Waals surface area (Å²) in [5.41, 5.74) is 7.51. The summed E-state index contributed by atoms with van der Waals surface area (Å²) in [6, 6.07) is 0. The standard InChI is InChI=1S/CH3N3OP/c1-6(5)4-3-2/h1H3/q+1. The average Bonchev–Trinajstić information content (AvgIpc) is 1.35. The quantitative estimate of drug-likeness (QED) is 0.216. The Balaban J connectivity index is 3.60. The number of hydrogen-bond acceptors (Lipinski definition) is 1. The summed E-state index contributed by atoms with van der Waals surface area (Å²) in [6.45, 7) is 1.34. The van der Waals surface area contributed by atoms with Crippen LogP contribution >= 0.6 is 7.95 Å². The van der Waals surface area contributed by atoms with E-state index in [-0.39, 0.29) is 0 Å². The molecule has 0 bridgehead atoms. The van der Waals surface area contributed by atoms with E-state index in [0.29, 0.717) is 0 Å². The van der Waals surface area contributed by atoms with E-state index >= 15 is 0 Å². The van der Waals surface area contributed by atoms with Gasteiger partial charge in [0, 0.05) is 10.4 Å². The largest absolute Gasteiger partial charge is 0.458 e. The fourth-order valence-corrected chi connectivity index (χ4v) is 0.169. The molecule has 6 heavy (non-hydrogen) atoms. The van der Waals surface area contributed by atoms with E-state index < -0.39 is 7.95 Å². The van der Waals surface area contributed by atoms with Crippen LogP contribution in [-0.2, 0) is 4.57 Å². The van der Waals surface area contributed by atoms with E-state index in [9.17, 15) is 4.57 Å². The smallest absolute Gasteiger partial charge is 0.0580 e. The highest BCUT2D eigenvalue weighted by atomic mass is 31.1. The highest BCUT2D eigenvalue weighted by Gasteiger charge is 1.95. The van der Waals surface area contributed by atoms with Gasteiger partial charge in [-0.25, -0.2) is 0 Å². The maximum atomic E-state index is 9.77. The summed E-state index contributed by atoms with van der Waals surface area (Å²) < 4.78 is 9.77. The van der Waals surface area contributed by atoms with E-state index in [2.05, 4.69) is 9.80 Å². The maximum Gasteiger partial charge on any atom is 0.458 e. The lowest BCUT2D eigenvalue weighted by molar-refractivity contribution is 0.592. The Kier molecular flexibility index (Phi) is 2.38. The van der Waals surface area contributed by atoms with Crippen LogP contribution in [0.4, 0.5) is 0 Å². The highest BCUT2D eigenvalue weighted by molar-refractivity contribution is 7.41. The first kappa shape index (κ1) is 5.41. The van der Waals surface area contributed by atoms with Gasteiger partial charge in [-0.2, -0.15) is 0 Å². The van der Waals surface area contributed by atoms with Crippen LogP contribution in [0, 0.1) is 0 Å². The first-order valence-corrected chi connectivity index (χ1v) is 2.89. The highest BCUT2D eigenvalue weighted by Crippen LogP contribution is 2.13. The molecule has 0 rings (SSSR count). The third kappa shape index (κ3) is 3.41. The Morgan fingerprint density at radius 3 is 2.50 bits per heavy atom. The van der Waals surface area contributed by atoms with Crippen molar-refractivity contribution < 1.29 is 4.57 Å². The lowest BCUT2D eigenvalue weighted by Crippen LogP contribution is -1.33. The Bertz CT molecular complexity index is 103. The molecule has 0 aromatic rings. The normalized spacial score (nSPS) is 9.17. The van der Waals surface area contributed by atoms with Crippen LogP contribution in [0.25, 0.3) is 10.4 Å². The van der Waals surface area contributed by atoms with Crippen LogP contribution in [0.15, 0.2) is 4.88 Å². The molecule has 0 aliphatic carbocycles. The van der Waals surface area contributed by atoms with Crippen molar-refractivity contribution in [2.24, 2.45) is 4.88 Å². The van der Waals surface area contributed by atoms with Crippen molar-refractivity contribution in [3.05, 3.63) is 10.4 Å². The van der Waals surface area contributed by atoms with Gasteiger partial charge in [-0.15, -0.1) is 0 Å². The van der Waals surface area contributed by atoms with Gasteiger partial charge in [-0.3, -0.25) is 0 Å². The van der Waals surface area contributed by atoms with Crippen LogP contribution in [0.3, 0.4) is 0 Å². The molecule has 0 aliphatic rings. The van der Waals surface area contributed by atoms with E-state index in [4.69, 9.17) is 5.53 Å². The number of rotatable bonds is 1. The third-order valence-electron chi connectivity index (χ3n) is 0.166. The zero-order valence-corrected chi connectivity index (χ0v) is 4.09. The van der Waals surface area contributed by atoms with Gasteiger partial charge in [0.05, 0.1) is 0 Å². The summed E-state index contributed by atoms with van der Waals surface area (Å²) in [6.07, 6.45) is 0. The topological polar surface area (TPSA) is 65.8 Å². The molecule has 0 saturated heterocycles. The van der Waals surface area contributed by atoms with E-state index in [0.717, 1.165) is 0 Å². The molecule has 0 aromatic carbocycles. The van der Waals surface area contributed by atoms with Crippen LogP contribution in [0.1, 0.15) is 0 Å². The monoisotopic (exact) mass is 104 g/mol. The molecule has 0 heterocycles. The predicted molar refractivity (Wildman–Crippen MR) is 22.7 cm³/mol. The van der Waals surface area contributed by atoms with Gasteiger partial charge in [0.1, 0.15) is 6.66 Å². The lowest BCUT2D eigenvalue weighted by Gasteiger charge is -1.42. The van der Waals surface area contributed by atoms with Crippen molar-refractivity contribution in [1.29, 1.82) is 0 Å². The molecule has 0 N–H and O–H groups in total. The summed E-state index contributed by atoms with van der Waals surface area (Å²) in [5.74, 6) is 0. The van der Waals surface area contributed by atoms with E-state index in [1.807, 2.05) is 0 Å². The molecule has 32 valence electrons. The van der Waals surface area contributed by atoms with Crippen molar-refractivity contribution >= 4 is 7.95 Å². The molecule has 5 heteroatoms. The molecular formula is CH3N3OP+. The van der Waals surface area contributed by atoms with Crippen molar-refractivity contribution in [1.82, 2.24) is 0 Å². The summed E-state index contributed by atoms with van der Waals surface area (Å²) in [4.78, 5) is 5.09. The summed E-state index contributed by atoms with van der Waals surface area (Å²) >= 11 is 0. The summed E-state index contributed by atoms with van der Waals surface area (Å²) in [7, 11) is -1.64. The van der Waals surface area contributed by atoms with Crippen molar-refractivity contribution in [2.75, 3.05) is 6.66 Å². The Morgan fingerprint density at radius 1 is 2.00 bits per heavy atom. The molecule has 0 aromatic heterocycles. The minimum absolute atomic E-state index is 1.34. The van der Waals surface area contributed by atoms with Gasteiger partial charge in [0.15, 0.2) is 4.88 Å². The Hall–Kier alpha value is -0.590. The lowest BCUT2D eigenvalue weighted by atomic mass is 12.0. The van der Waals surface area contributed by atoms with Crippen LogP contribution < -0.4 is 0 Å². The molecule has 4 nitrogen and oxygen atoms in total. The minimum Gasteiger partial charge on any atom is -0.0580 e. The first-order valence-electron chi connectivity index (χ1n) is 1.23. The second-order valence-corrected chi connectivity index (χ2v) is 1.75. The van der Waals surface area contributed by atoms with Crippen molar-refractivity contribution in [2.45, 2.75) is 0 Å². The predicted octanol–water partition coefficient (Wildman–Crippen LogP) is 1.67. The van der Waals surface area contributed by atoms with Gasteiger partial charge < -0.3 is 0 Å². The molecule has 0 fully saturated rings. The first-order chi connectivity index (χ1) is 2.77. The molecule has 0 saturated carbocycles. The second kappa shape index (κ2) is 2.64. The van der Waals surface area contributed by atoms with Gasteiger partial charge in [-0.05, 0) is 0 Å². The molecule has 0 spiro atoms. The Labute approximate surface area is 35.6 Å².